The van der Waals surface area contributed by atoms with Gasteiger partial charge < -0.3 is 0 Å². The first kappa shape index (κ1) is 12.4. The van der Waals surface area contributed by atoms with Gasteiger partial charge in [0, 0.05) is 11.5 Å². The highest BCUT2D eigenvalue weighted by Gasteiger charge is 2.21. The van der Waals surface area contributed by atoms with Crippen LogP contribution < -0.4 is 0 Å². The van der Waals surface area contributed by atoms with Crippen molar-refractivity contribution in [3.05, 3.63) is 44.3 Å². The summed E-state index contributed by atoms with van der Waals surface area (Å²) in [5.74, 6) is -1.05. The second-order valence-electron chi connectivity index (χ2n) is 3.31. The molecule has 0 fully saturated rings. The summed E-state index contributed by atoms with van der Waals surface area (Å²) in [5.41, 5.74) is 0.200. The van der Waals surface area contributed by atoms with Crippen molar-refractivity contribution in [1.29, 1.82) is 0 Å². The van der Waals surface area contributed by atoms with Gasteiger partial charge in [-0.2, -0.15) is 0 Å². The lowest BCUT2D eigenvalue weighted by atomic mass is 10.1. The van der Waals surface area contributed by atoms with E-state index in [0.717, 1.165) is 0 Å². The van der Waals surface area contributed by atoms with E-state index in [1.54, 1.807) is 13.1 Å². The molecule has 0 aliphatic rings. The van der Waals surface area contributed by atoms with Gasteiger partial charge in [-0.15, -0.1) is 5.10 Å². The molecule has 4 nitrogen and oxygen atoms in total. The number of halogens is 3. The Morgan fingerprint density at radius 1 is 1.41 bits per heavy atom. The van der Waals surface area contributed by atoms with Crippen molar-refractivity contribution in [3.8, 4) is 0 Å². The molecular weight excluding hydrogens is 357 g/mol. The van der Waals surface area contributed by atoms with Gasteiger partial charge in [-0.1, -0.05) is 21.1 Å². The number of carbonyl (C=O) groups is 1. The summed E-state index contributed by atoms with van der Waals surface area (Å²) in [5, 5.41) is 7.36. The van der Waals surface area contributed by atoms with E-state index in [-0.39, 0.29) is 11.3 Å². The molecular formula is C10H6Br2FN3O. The summed E-state index contributed by atoms with van der Waals surface area (Å²) in [4.78, 5) is 12.1. The zero-order valence-electron chi connectivity index (χ0n) is 8.62. The molecule has 7 heteroatoms. The third-order valence-electron chi connectivity index (χ3n) is 2.18. The number of rotatable bonds is 2. The van der Waals surface area contributed by atoms with Crippen LogP contribution >= 0.6 is 31.9 Å². The summed E-state index contributed by atoms with van der Waals surface area (Å²) >= 11 is 6.24. The SMILES string of the molecule is Cn1nnc(Br)c1C(=O)c1ccc(Br)cc1F. The minimum Gasteiger partial charge on any atom is -0.287 e. The van der Waals surface area contributed by atoms with E-state index < -0.39 is 11.6 Å². The van der Waals surface area contributed by atoms with E-state index in [4.69, 9.17) is 0 Å². The minimum absolute atomic E-state index is 0.0145. The molecule has 0 amide bonds. The fourth-order valence-corrected chi connectivity index (χ4v) is 2.21. The average molecular weight is 363 g/mol. The van der Waals surface area contributed by atoms with Gasteiger partial charge in [0.1, 0.15) is 11.5 Å². The first-order valence-electron chi connectivity index (χ1n) is 4.55. The van der Waals surface area contributed by atoms with Gasteiger partial charge in [0.15, 0.2) is 4.60 Å². The van der Waals surface area contributed by atoms with Crippen molar-refractivity contribution in [2.24, 2.45) is 7.05 Å². The molecule has 0 radical (unpaired) electrons. The summed E-state index contributed by atoms with van der Waals surface area (Å²) in [7, 11) is 1.57. The zero-order chi connectivity index (χ0) is 12.6. The van der Waals surface area contributed by atoms with E-state index in [1.807, 2.05) is 0 Å². The van der Waals surface area contributed by atoms with Gasteiger partial charge in [-0.25, -0.2) is 9.07 Å². The maximum absolute atomic E-state index is 13.6. The molecule has 0 saturated carbocycles. The highest BCUT2D eigenvalue weighted by atomic mass is 79.9. The van der Waals surface area contributed by atoms with E-state index in [9.17, 15) is 9.18 Å². The lowest BCUT2D eigenvalue weighted by Gasteiger charge is -2.03. The van der Waals surface area contributed by atoms with Gasteiger partial charge in [0.05, 0.1) is 5.56 Å². The predicted octanol–water partition coefficient (Wildman–Crippen LogP) is 2.71. The fourth-order valence-electron chi connectivity index (χ4n) is 1.37. The third-order valence-corrected chi connectivity index (χ3v) is 3.20. The van der Waals surface area contributed by atoms with Crippen LogP contribution in [0.25, 0.3) is 0 Å². The van der Waals surface area contributed by atoms with Gasteiger partial charge >= 0.3 is 0 Å². The van der Waals surface area contributed by atoms with E-state index in [1.165, 1.54) is 16.8 Å². The van der Waals surface area contributed by atoms with Crippen molar-refractivity contribution < 1.29 is 9.18 Å². The number of hydrogen-bond acceptors (Lipinski definition) is 3. The molecule has 1 heterocycles. The summed E-state index contributed by atoms with van der Waals surface area (Å²) in [6.45, 7) is 0. The van der Waals surface area contributed by atoms with Crippen molar-refractivity contribution in [2.45, 2.75) is 0 Å². The maximum Gasteiger partial charge on any atom is 0.216 e. The number of benzene rings is 1. The van der Waals surface area contributed by atoms with Crippen molar-refractivity contribution in [2.75, 3.05) is 0 Å². The zero-order valence-corrected chi connectivity index (χ0v) is 11.8. The van der Waals surface area contributed by atoms with Crippen LogP contribution in [0.5, 0.6) is 0 Å². The first-order chi connectivity index (χ1) is 8.00. The Kier molecular flexibility index (Phi) is 3.39. The van der Waals surface area contributed by atoms with Gasteiger partial charge in [-0.3, -0.25) is 4.79 Å². The first-order valence-corrected chi connectivity index (χ1v) is 6.14. The summed E-state index contributed by atoms with van der Waals surface area (Å²) < 4.78 is 15.8. The van der Waals surface area contributed by atoms with Crippen LogP contribution in [0, 0.1) is 5.82 Å². The molecule has 1 aromatic carbocycles. The third kappa shape index (κ3) is 2.30. The molecule has 0 aliphatic carbocycles. The Hall–Kier alpha value is -1.08. The largest absolute Gasteiger partial charge is 0.287 e. The number of carbonyl (C=O) groups excluding carboxylic acids is 1. The summed E-state index contributed by atoms with van der Waals surface area (Å²) in [6, 6.07) is 4.26. The Labute approximate surface area is 113 Å². The molecule has 2 rings (SSSR count). The van der Waals surface area contributed by atoms with Gasteiger partial charge in [0.2, 0.25) is 5.78 Å². The quantitative estimate of drug-likeness (QED) is 0.772. The second-order valence-corrected chi connectivity index (χ2v) is 4.97. The maximum atomic E-state index is 13.6. The Balaban J connectivity index is 2.51. The molecule has 0 N–H and O–H groups in total. The molecule has 88 valence electrons. The topological polar surface area (TPSA) is 47.8 Å². The molecule has 0 saturated heterocycles. The van der Waals surface area contributed by atoms with Crippen molar-refractivity contribution >= 4 is 37.6 Å². The molecule has 0 unspecified atom stereocenters. The number of aryl methyl sites for hydroxylation is 1. The lowest BCUT2D eigenvalue weighted by molar-refractivity contribution is 0.102. The summed E-state index contributed by atoms with van der Waals surface area (Å²) in [6.07, 6.45) is 0. The normalized spacial score (nSPS) is 10.6. The number of nitrogens with zero attached hydrogens (tertiary/aromatic N) is 3. The Morgan fingerprint density at radius 2 is 2.12 bits per heavy atom. The lowest BCUT2D eigenvalue weighted by Crippen LogP contribution is -2.10. The highest BCUT2D eigenvalue weighted by Crippen LogP contribution is 2.21. The molecule has 0 bridgehead atoms. The van der Waals surface area contributed by atoms with Gasteiger partial charge in [0.25, 0.3) is 0 Å². The fraction of sp³-hybridized carbons (Fsp3) is 0.100. The standard InChI is InChI=1S/C10H6Br2FN3O/c1-16-8(10(12)14-15-16)9(17)6-3-2-5(11)4-7(6)13/h2-4H,1H3. The molecule has 1 aromatic heterocycles. The Morgan fingerprint density at radius 3 is 2.65 bits per heavy atom. The molecule has 2 aromatic rings. The average Bonchev–Trinajstić information content (AvgIpc) is 2.58. The molecule has 17 heavy (non-hydrogen) atoms. The highest BCUT2D eigenvalue weighted by molar-refractivity contribution is 9.10. The molecule has 0 atom stereocenters. The number of hydrogen-bond donors (Lipinski definition) is 0. The Bertz CT molecular complexity index is 578. The van der Waals surface area contributed by atoms with Crippen LogP contribution in [-0.2, 0) is 7.05 Å². The number of ketones is 1. The van der Waals surface area contributed by atoms with Crippen LogP contribution in [0.2, 0.25) is 0 Å². The van der Waals surface area contributed by atoms with Crippen LogP contribution in [0.4, 0.5) is 4.39 Å². The van der Waals surface area contributed by atoms with Crippen LogP contribution in [0.15, 0.2) is 27.3 Å². The monoisotopic (exact) mass is 361 g/mol. The van der Waals surface area contributed by atoms with Crippen molar-refractivity contribution in [3.63, 3.8) is 0 Å². The number of aromatic nitrogens is 3. The molecule has 0 spiro atoms. The molecule has 0 aliphatic heterocycles. The second kappa shape index (κ2) is 4.66. The van der Waals surface area contributed by atoms with E-state index >= 15 is 0 Å². The van der Waals surface area contributed by atoms with Gasteiger partial charge in [-0.05, 0) is 34.1 Å². The van der Waals surface area contributed by atoms with Crippen LogP contribution in [0.3, 0.4) is 0 Å². The van der Waals surface area contributed by atoms with E-state index in [0.29, 0.717) is 9.08 Å². The smallest absolute Gasteiger partial charge is 0.216 e. The van der Waals surface area contributed by atoms with Crippen LogP contribution in [0.1, 0.15) is 16.1 Å². The minimum atomic E-state index is -0.586. The predicted molar refractivity (Wildman–Crippen MR) is 66.2 cm³/mol. The van der Waals surface area contributed by atoms with E-state index in [2.05, 4.69) is 42.2 Å². The van der Waals surface area contributed by atoms with Crippen LogP contribution in [-0.4, -0.2) is 20.8 Å². The van der Waals surface area contributed by atoms with Crippen molar-refractivity contribution in [1.82, 2.24) is 15.0 Å².